The zero-order chi connectivity index (χ0) is 29.6. The molecule has 3 aromatic carbocycles. The zero-order valence-corrected chi connectivity index (χ0v) is 26.6. The van der Waals surface area contributed by atoms with Crippen LogP contribution in [0.4, 0.5) is 0 Å². The van der Waals surface area contributed by atoms with E-state index in [2.05, 4.69) is 98.2 Å². The van der Waals surface area contributed by atoms with Gasteiger partial charge in [-0.1, -0.05) is 66.6 Å². The third-order valence-corrected chi connectivity index (χ3v) is 9.65. The number of hydrogen-bond acceptors (Lipinski definition) is 4. The van der Waals surface area contributed by atoms with Gasteiger partial charge >= 0.3 is 0 Å². The van der Waals surface area contributed by atoms with E-state index in [9.17, 15) is 5.11 Å². The number of β-amino-alcohol motifs (C(OH)–C–C–N with tert-alkyl or cyclic N) is 1. The van der Waals surface area contributed by atoms with Crippen LogP contribution in [-0.4, -0.2) is 53.2 Å². The van der Waals surface area contributed by atoms with E-state index < -0.39 is 0 Å². The van der Waals surface area contributed by atoms with E-state index >= 15 is 0 Å². The molecule has 2 fully saturated rings. The van der Waals surface area contributed by atoms with Crippen molar-refractivity contribution in [2.75, 3.05) is 26.2 Å². The number of halogens is 1. The Morgan fingerprint density at radius 2 is 1.74 bits per heavy atom. The molecular formula is C37H47ClN2O2. The SMILES string of the molecule is Cc1cc(OCc2cccc(-c3cccc(/C=C/CCN4CC[C@H](O)C4)c3C)c2C)c(Cl)cc1CN1CCCC[C@H]1C. The van der Waals surface area contributed by atoms with Crippen LogP contribution in [-0.2, 0) is 13.2 Å². The van der Waals surface area contributed by atoms with Crippen molar-refractivity contribution >= 4 is 17.7 Å². The molecule has 2 aliphatic rings. The smallest absolute Gasteiger partial charge is 0.138 e. The number of likely N-dealkylation sites (tertiary alicyclic amines) is 2. The second-order valence-electron chi connectivity index (χ2n) is 12.4. The van der Waals surface area contributed by atoms with Crippen molar-refractivity contribution in [3.8, 4) is 16.9 Å². The highest BCUT2D eigenvalue weighted by Gasteiger charge is 2.20. The molecule has 5 heteroatoms. The van der Waals surface area contributed by atoms with Crippen LogP contribution >= 0.6 is 11.6 Å². The van der Waals surface area contributed by atoms with Crippen LogP contribution < -0.4 is 4.74 Å². The minimum atomic E-state index is -0.155. The maximum Gasteiger partial charge on any atom is 0.138 e. The molecule has 5 rings (SSSR count). The number of aliphatic hydroxyl groups is 1. The summed E-state index contributed by atoms with van der Waals surface area (Å²) in [7, 11) is 0. The first-order valence-corrected chi connectivity index (χ1v) is 16.1. The zero-order valence-electron chi connectivity index (χ0n) is 25.8. The first-order valence-electron chi connectivity index (χ1n) is 15.7. The minimum Gasteiger partial charge on any atom is -0.487 e. The van der Waals surface area contributed by atoms with Gasteiger partial charge in [-0.2, -0.15) is 0 Å². The second-order valence-corrected chi connectivity index (χ2v) is 12.8. The van der Waals surface area contributed by atoms with Gasteiger partial charge in [-0.15, -0.1) is 0 Å². The summed E-state index contributed by atoms with van der Waals surface area (Å²) in [5, 5.41) is 10.4. The van der Waals surface area contributed by atoms with Crippen LogP contribution in [0.25, 0.3) is 17.2 Å². The number of piperidine rings is 1. The van der Waals surface area contributed by atoms with Crippen LogP contribution in [0.5, 0.6) is 5.75 Å². The molecule has 2 saturated heterocycles. The van der Waals surface area contributed by atoms with Crippen molar-refractivity contribution in [1.82, 2.24) is 9.80 Å². The van der Waals surface area contributed by atoms with Gasteiger partial charge in [0.1, 0.15) is 12.4 Å². The Bertz CT molecular complexity index is 1400. The number of aryl methyl sites for hydroxylation is 1. The molecule has 4 nitrogen and oxygen atoms in total. The van der Waals surface area contributed by atoms with E-state index in [0.29, 0.717) is 17.7 Å². The number of aliphatic hydroxyl groups excluding tert-OH is 1. The molecule has 0 bridgehead atoms. The molecule has 0 spiro atoms. The molecule has 0 saturated carbocycles. The standard InChI is InChI=1S/C37H47ClN2O2/c1-26-21-37(36(38)22-32(26)23-40-19-8-5-11-27(40)2)42-25-31-14-10-16-35(29(31)4)34-15-9-13-30(28(34)3)12-6-7-18-39-20-17-33(41)24-39/h6,9-10,12-16,21-22,27,33,41H,5,7-8,11,17-20,23-25H2,1-4H3/b12-6+/t27-,33+/m1/s1. The van der Waals surface area contributed by atoms with Crippen molar-refractivity contribution in [1.29, 1.82) is 0 Å². The van der Waals surface area contributed by atoms with Crippen molar-refractivity contribution in [3.63, 3.8) is 0 Å². The summed E-state index contributed by atoms with van der Waals surface area (Å²) in [6.07, 6.45) is 10.1. The Kier molecular flexibility index (Phi) is 10.4. The number of rotatable bonds is 10. The first-order chi connectivity index (χ1) is 20.3. The molecule has 224 valence electrons. The predicted molar refractivity (Wildman–Crippen MR) is 176 cm³/mol. The lowest BCUT2D eigenvalue weighted by Crippen LogP contribution is -2.36. The van der Waals surface area contributed by atoms with Gasteiger partial charge in [0.2, 0.25) is 0 Å². The van der Waals surface area contributed by atoms with Gasteiger partial charge in [0.15, 0.2) is 0 Å². The molecule has 0 amide bonds. The number of ether oxygens (including phenoxy) is 1. The molecule has 0 aromatic heterocycles. The fraction of sp³-hybridized carbons (Fsp3) is 0.459. The molecule has 1 N–H and O–H groups in total. The quantitative estimate of drug-likeness (QED) is 0.259. The number of nitrogens with zero attached hydrogens (tertiary/aromatic N) is 2. The Morgan fingerprint density at radius 1 is 0.952 bits per heavy atom. The monoisotopic (exact) mass is 586 g/mol. The van der Waals surface area contributed by atoms with Gasteiger partial charge in [-0.25, -0.2) is 0 Å². The summed E-state index contributed by atoms with van der Waals surface area (Å²) in [6.45, 7) is 14.3. The lowest BCUT2D eigenvalue weighted by Gasteiger charge is -2.33. The summed E-state index contributed by atoms with van der Waals surface area (Å²) >= 11 is 6.76. The fourth-order valence-electron chi connectivity index (χ4n) is 6.48. The fourth-order valence-corrected chi connectivity index (χ4v) is 6.72. The summed E-state index contributed by atoms with van der Waals surface area (Å²) in [5.41, 5.74) is 9.95. The van der Waals surface area contributed by atoms with Gasteiger partial charge in [-0.3, -0.25) is 4.90 Å². The normalized spacial score (nSPS) is 20.0. The maximum atomic E-state index is 9.76. The van der Waals surface area contributed by atoms with Gasteiger partial charge < -0.3 is 14.7 Å². The van der Waals surface area contributed by atoms with E-state index in [1.807, 2.05) is 0 Å². The Hall–Kier alpha value is -2.63. The highest BCUT2D eigenvalue weighted by Crippen LogP contribution is 2.33. The lowest BCUT2D eigenvalue weighted by molar-refractivity contribution is 0.152. The minimum absolute atomic E-state index is 0.155. The molecule has 3 aromatic rings. The van der Waals surface area contributed by atoms with E-state index in [-0.39, 0.29) is 6.10 Å². The van der Waals surface area contributed by atoms with Crippen molar-refractivity contribution < 1.29 is 9.84 Å². The molecule has 0 aliphatic carbocycles. The predicted octanol–water partition coefficient (Wildman–Crippen LogP) is 8.36. The van der Waals surface area contributed by atoms with Crippen molar-refractivity contribution in [2.45, 2.75) is 85.1 Å². The summed E-state index contributed by atoms with van der Waals surface area (Å²) in [6, 6.07) is 17.9. The van der Waals surface area contributed by atoms with E-state index in [1.165, 1.54) is 63.8 Å². The average molecular weight is 587 g/mol. The maximum absolute atomic E-state index is 9.76. The Labute approximate surface area is 258 Å². The van der Waals surface area contributed by atoms with Crippen LogP contribution in [0.1, 0.15) is 72.4 Å². The molecule has 2 aliphatic heterocycles. The van der Waals surface area contributed by atoms with Gasteiger partial charge in [0.05, 0.1) is 11.1 Å². The average Bonchev–Trinajstić information content (AvgIpc) is 3.39. The summed E-state index contributed by atoms with van der Waals surface area (Å²) in [5.74, 6) is 0.751. The summed E-state index contributed by atoms with van der Waals surface area (Å²) < 4.78 is 6.33. The van der Waals surface area contributed by atoms with Gasteiger partial charge in [-0.05, 0) is 117 Å². The summed E-state index contributed by atoms with van der Waals surface area (Å²) in [4.78, 5) is 4.92. The van der Waals surface area contributed by atoms with Gasteiger partial charge in [0.25, 0.3) is 0 Å². The molecule has 0 unspecified atom stereocenters. The number of benzene rings is 3. The van der Waals surface area contributed by atoms with E-state index in [0.717, 1.165) is 51.3 Å². The molecule has 0 radical (unpaired) electrons. The third-order valence-electron chi connectivity index (χ3n) is 9.36. The topological polar surface area (TPSA) is 35.9 Å². The molecule has 2 atom stereocenters. The van der Waals surface area contributed by atoms with Crippen molar-refractivity contribution in [3.05, 3.63) is 93.0 Å². The Balaban J connectivity index is 1.26. The highest BCUT2D eigenvalue weighted by molar-refractivity contribution is 6.32. The van der Waals surface area contributed by atoms with Crippen molar-refractivity contribution in [2.24, 2.45) is 0 Å². The molecule has 2 heterocycles. The van der Waals surface area contributed by atoms with Gasteiger partial charge in [0, 0.05) is 32.2 Å². The van der Waals surface area contributed by atoms with Crippen LogP contribution in [0.3, 0.4) is 0 Å². The highest BCUT2D eigenvalue weighted by atomic mass is 35.5. The van der Waals surface area contributed by atoms with Crippen LogP contribution in [0, 0.1) is 20.8 Å². The largest absolute Gasteiger partial charge is 0.487 e. The second kappa shape index (κ2) is 14.2. The number of hydrogen-bond donors (Lipinski definition) is 1. The van der Waals surface area contributed by atoms with E-state index in [4.69, 9.17) is 16.3 Å². The molecular weight excluding hydrogens is 540 g/mol. The first kappa shape index (κ1) is 30.8. The molecule has 42 heavy (non-hydrogen) atoms. The van der Waals surface area contributed by atoms with Crippen LogP contribution in [0.15, 0.2) is 54.6 Å². The third kappa shape index (κ3) is 7.47. The Morgan fingerprint density at radius 3 is 2.50 bits per heavy atom. The van der Waals surface area contributed by atoms with Crippen LogP contribution in [0.2, 0.25) is 5.02 Å². The van der Waals surface area contributed by atoms with E-state index in [1.54, 1.807) is 0 Å². The lowest BCUT2D eigenvalue weighted by atomic mass is 9.91.